The van der Waals surface area contributed by atoms with Gasteiger partial charge in [-0.2, -0.15) is 13.2 Å². The third-order valence-corrected chi connectivity index (χ3v) is 9.52. The first kappa shape index (κ1) is 28.0. The summed E-state index contributed by atoms with van der Waals surface area (Å²) >= 11 is 5.82. The third kappa shape index (κ3) is 6.01. The smallest absolute Gasteiger partial charge is 0.339 e. The molecule has 0 saturated carbocycles. The molecule has 0 atom stereocenters. The van der Waals surface area contributed by atoms with Crippen molar-refractivity contribution in [2.75, 3.05) is 13.1 Å². The zero-order valence-electron chi connectivity index (χ0n) is 19.5. The molecule has 8 nitrogen and oxygen atoms in total. The number of nitrogens with one attached hydrogen (secondary N) is 1. The molecule has 1 aliphatic rings. The number of hydrogen-bond donors (Lipinski definition) is 1. The highest BCUT2D eigenvalue weighted by atomic mass is 35.5. The van der Waals surface area contributed by atoms with Gasteiger partial charge in [-0.15, -0.1) is 0 Å². The van der Waals surface area contributed by atoms with Gasteiger partial charge in [0.05, 0.1) is 20.2 Å². The number of sulfone groups is 1. The average molecular weight is 588 g/mol. The molecule has 1 fully saturated rings. The predicted molar refractivity (Wildman–Crippen MR) is 132 cm³/mol. The molecule has 0 bridgehead atoms. The molecule has 1 saturated heterocycles. The molecule has 14 heteroatoms. The van der Waals surface area contributed by atoms with E-state index in [-0.39, 0.29) is 41.9 Å². The van der Waals surface area contributed by atoms with Gasteiger partial charge >= 0.3 is 6.18 Å². The lowest BCUT2D eigenvalue weighted by Gasteiger charge is -2.32. The Balaban J connectivity index is 1.57. The second-order valence-corrected chi connectivity index (χ2v) is 12.5. The van der Waals surface area contributed by atoms with Crippen molar-refractivity contribution in [2.45, 2.75) is 39.7 Å². The SMILES string of the molecule is O=C(c1ccnc(Cl)c1)N1CCC(NS(=O)(=O)c2cc(S(=O)(=O)c3ccccc3)ccc2C(F)(F)F)CC1. The van der Waals surface area contributed by atoms with Crippen LogP contribution < -0.4 is 4.72 Å². The molecule has 1 aliphatic heterocycles. The fraction of sp³-hybridized carbons (Fsp3) is 0.250. The second kappa shape index (κ2) is 10.6. The fourth-order valence-corrected chi connectivity index (χ4v) is 7.18. The van der Waals surface area contributed by atoms with E-state index in [2.05, 4.69) is 9.71 Å². The molecule has 0 unspecified atom stereocenters. The lowest BCUT2D eigenvalue weighted by Crippen LogP contribution is -2.46. The first-order valence-corrected chi connectivity index (χ1v) is 14.6. The molecular formula is C24H21ClF3N3O5S2. The number of carbonyl (C=O) groups excluding carboxylic acids is 1. The Kier molecular flexibility index (Phi) is 7.84. The van der Waals surface area contributed by atoms with Crippen molar-refractivity contribution >= 4 is 37.4 Å². The van der Waals surface area contributed by atoms with Crippen molar-refractivity contribution in [1.29, 1.82) is 0 Å². The molecule has 0 aliphatic carbocycles. The van der Waals surface area contributed by atoms with Crippen molar-refractivity contribution in [3.63, 3.8) is 0 Å². The summed E-state index contributed by atoms with van der Waals surface area (Å²) in [5.74, 6) is -0.339. The van der Waals surface area contributed by atoms with Crippen LogP contribution in [0.3, 0.4) is 0 Å². The molecule has 0 spiro atoms. The zero-order valence-corrected chi connectivity index (χ0v) is 21.9. The summed E-state index contributed by atoms with van der Waals surface area (Å²) in [4.78, 5) is 16.0. The van der Waals surface area contributed by atoms with Crippen LogP contribution in [-0.4, -0.2) is 51.8 Å². The summed E-state index contributed by atoms with van der Waals surface area (Å²) in [5, 5.41) is 0.135. The summed E-state index contributed by atoms with van der Waals surface area (Å²) < 4.78 is 95.7. The predicted octanol–water partition coefficient (Wildman–Crippen LogP) is 4.17. The second-order valence-electron chi connectivity index (χ2n) is 8.53. The maximum absolute atomic E-state index is 13.7. The molecule has 0 radical (unpaired) electrons. The minimum atomic E-state index is -5.05. The van der Waals surface area contributed by atoms with Crippen LogP contribution in [0, 0.1) is 0 Å². The molecule has 2 heterocycles. The fourth-order valence-electron chi connectivity index (χ4n) is 4.06. The number of benzene rings is 2. The van der Waals surface area contributed by atoms with Gasteiger partial charge < -0.3 is 4.90 Å². The van der Waals surface area contributed by atoms with Crippen LogP contribution in [0.1, 0.15) is 28.8 Å². The molecular weight excluding hydrogens is 567 g/mol. The molecule has 202 valence electrons. The number of aromatic nitrogens is 1. The van der Waals surface area contributed by atoms with Crippen LogP contribution in [0.4, 0.5) is 13.2 Å². The van der Waals surface area contributed by atoms with Crippen molar-refractivity contribution in [3.05, 3.63) is 83.1 Å². The third-order valence-electron chi connectivity index (χ3n) is 5.99. The average Bonchev–Trinajstić information content (AvgIpc) is 2.88. The molecule has 1 amide bonds. The first-order valence-electron chi connectivity index (χ1n) is 11.2. The van der Waals surface area contributed by atoms with Crippen molar-refractivity contribution < 1.29 is 34.8 Å². The lowest BCUT2D eigenvalue weighted by molar-refractivity contribution is -0.139. The molecule has 38 heavy (non-hydrogen) atoms. The number of piperidine rings is 1. The van der Waals surface area contributed by atoms with Crippen molar-refractivity contribution in [2.24, 2.45) is 0 Å². The van der Waals surface area contributed by atoms with Crippen molar-refractivity contribution in [3.8, 4) is 0 Å². The highest BCUT2D eigenvalue weighted by Gasteiger charge is 2.39. The summed E-state index contributed by atoms with van der Waals surface area (Å²) in [6.07, 6.45) is -3.41. The van der Waals surface area contributed by atoms with Gasteiger partial charge in [-0.25, -0.2) is 26.5 Å². The number of alkyl halides is 3. The Morgan fingerprint density at radius 2 is 1.61 bits per heavy atom. The van der Waals surface area contributed by atoms with Crippen molar-refractivity contribution in [1.82, 2.24) is 14.6 Å². The molecule has 2 aromatic carbocycles. The minimum Gasteiger partial charge on any atom is -0.339 e. The monoisotopic (exact) mass is 587 g/mol. The summed E-state index contributed by atoms with van der Waals surface area (Å²) in [5.41, 5.74) is -1.19. The van der Waals surface area contributed by atoms with E-state index < -0.39 is 47.4 Å². The van der Waals surface area contributed by atoms with Crippen LogP contribution in [0.15, 0.2) is 81.5 Å². The molecule has 1 N–H and O–H groups in total. The Bertz CT molecular complexity index is 1560. The van der Waals surface area contributed by atoms with Crippen LogP contribution in [0.25, 0.3) is 0 Å². The summed E-state index contributed by atoms with van der Waals surface area (Å²) in [7, 11) is -9.08. The number of carbonyl (C=O) groups is 1. The van der Waals surface area contributed by atoms with Gasteiger partial charge in [-0.3, -0.25) is 4.79 Å². The number of halogens is 4. The number of sulfonamides is 1. The lowest BCUT2D eigenvalue weighted by atomic mass is 10.1. The number of pyridine rings is 1. The van der Waals surface area contributed by atoms with Crippen LogP contribution >= 0.6 is 11.6 Å². The number of hydrogen-bond acceptors (Lipinski definition) is 6. The minimum absolute atomic E-state index is 0.132. The molecule has 3 aromatic rings. The van der Waals surface area contributed by atoms with E-state index in [0.717, 1.165) is 6.07 Å². The topological polar surface area (TPSA) is 114 Å². The normalized spacial score (nSPS) is 15.4. The van der Waals surface area contributed by atoms with Gasteiger partial charge in [0.15, 0.2) is 0 Å². The van der Waals surface area contributed by atoms with Gasteiger partial charge in [0, 0.05) is 30.9 Å². The van der Waals surface area contributed by atoms with Gasteiger partial charge in [-0.1, -0.05) is 29.8 Å². The van der Waals surface area contributed by atoms with E-state index in [1.165, 1.54) is 47.5 Å². The number of likely N-dealkylation sites (tertiary alicyclic amines) is 1. The van der Waals surface area contributed by atoms with Crippen LogP contribution in [0.2, 0.25) is 5.15 Å². The van der Waals surface area contributed by atoms with E-state index >= 15 is 0 Å². The number of amides is 1. The van der Waals surface area contributed by atoms with Crippen LogP contribution in [-0.2, 0) is 26.0 Å². The Morgan fingerprint density at radius 3 is 2.21 bits per heavy atom. The Labute approximate surface area is 222 Å². The maximum Gasteiger partial charge on any atom is 0.417 e. The van der Waals surface area contributed by atoms with Crippen LogP contribution in [0.5, 0.6) is 0 Å². The quantitative estimate of drug-likeness (QED) is 0.433. The highest BCUT2D eigenvalue weighted by Crippen LogP contribution is 2.36. The van der Waals surface area contributed by atoms with E-state index in [1.54, 1.807) is 6.07 Å². The molecule has 4 rings (SSSR count). The molecule has 1 aromatic heterocycles. The van der Waals surface area contributed by atoms with Gasteiger partial charge in [0.1, 0.15) is 5.15 Å². The zero-order chi connectivity index (χ0) is 27.7. The van der Waals surface area contributed by atoms with E-state index in [9.17, 15) is 34.8 Å². The largest absolute Gasteiger partial charge is 0.417 e. The van der Waals surface area contributed by atoms with E-state index in [0.29, 0.717) is 17.7 Å². The Hall–Kier alpha value is -3.00. The summed E-state index contributed by atoms with van der Waals surface area (Å²) in [6, 6.07) is 10.8. The first-order chi connectivity index (χ1) is 17.8. The maximum atomic E-state index is 13.7. The van der Waals surface area contributed by atoms with Gasteiger partial charge in [-0.05, 0) is 55.3 Å². The number of rotatable bonds is 6. The highest BCUT2D eigenvalue weighted by molar-refractivity contribution is 7.91. The Morgan fingerprint density at radius 1 is 0.947 bits per heavy atom. The standard InChI is InChI=1S/C24H21ClF3N3O5S2/c25-22-14-16(8-11-29-22)23(32)31-12-9-17(10-13-31)30-38(35,36)21-15-19(6-7-20(21)24(26,27)28)37(33,34)18-4-2-1-3-5-18/h1-8,11,14-15,17,30H,9-10,12-13H2. The van der Waals surface area contributed by atoms with Gasteiger partial charge in [0.25, 0.3) is 5.91 Å². The van der Waals surface area contributed by atoms with E-state index in [1.807, 2.05) is 0 Å². The summed E-state index contributed by atoms with van der Waals surface area (Å²) in [6.45, 7) is 0.279. The van der Waals surface area contributed by atoms with E-state index in [4.69, 9.17) is 11.6 Å². The number of nitrogens with zero attached hydrogens (tertiary/aromatic N) is 2. The van der Waals surface area contributed by atoms with Gasteiger partial charge in [0.2, 0.25) is 19.9 Å².